The summed E-state index contributed by atoms with van der Waals surface area (Å²) in [5, 5.41) is 5.65. The van der Waals surface area contributed by atoms with Gasteiger partial charge in [-0.15, -0.1) is 69.1 Å². The molecule has 6 aromatic carbocycles. The van der Waals surface area contributed by atoms with E-state index in [9.17, 15) is 0 Å². The van der Waals surface area contributed by atoms with Crippen molar-refractivity contribution in [1.82, 2.24) is 0 Å². The van der Waals surface area contributed by atoms with Crippen molar-refractivity contribution in [2.45, 2.75) is 130 Å². The van der Waals surface area contributed by atoms with E-state index >= 15 is 0 Å². The summed E-state index contributed by atoms with van der Waals surface area (Å²) in [6.45, 7) is 8.94. The van der Waals surface area contributed by atoms with E-state index in [1.54, 1.807) is 0 Å². The quantitative estimate of drug-likeness (QED) is 0.0849. The third-order valence-corrected chi connectivity index (χ3v) is 12.7. The molecule has 294 valence electrons. The van der Waals surface area contributed by atoms with Crippen molar-refractivity contribution in [1.29, 1.82) is 0 Å². The molecule has 0 nitrogen and oxygen atoms in total. The molecule has 0 spiro atoms. The summed E-state index contributed by atoms with van der Waals surface area (Å²) in [6, 6.07) is 43.0. The van der Waals surface area contributed by atoms with Crippen molar-refractivity contribution in [3.63, 3.8) is 0 Å². The summed E-state index contributed by atoms with van der Waals surface area (Å²) in [5.41, 5.74) is 11.4. The molecule has 0 unspecified atom stereocenters. The average Bonchev–Trinajstić information content (AvgIpc) is 4.06. The predicted octanol–water partition coefficient (Wildman–Crippen LogP) is 16.8. The molecule has 56 heavy (non-hydrogen) atoms. The minimum absolute atomic E-state index is 0.826. The van der Waals surface area contributed by atoms with Gasteiger partial charge in [0.05, 0.1) is 0 Å². The Hall–Kier alpha value is -2.22. The van der Waals surface area contributed by atoms with Gasteiger partial charge in [0, 0.05) is 9.52 Å². The van der Waals surface area contributed by atoms with Crippen LogP contribution >= 0.6 is 17.0 Å². The first-order valence-corrected chi connectivity index (χ1v) is 29.7. The summed E-state index contributed by atoms with van der Waals surface area (Å²) in [5.74, 6) is 1.83. The maximum atomic E-state index is 4.93. The van der Waals surface area contributed by atoms with Gasteiger partial charge in [0.15, 0.2) is 0 Å². The van der Waals surface area contributed by atoms with Gasteiger partial charge >= 0.3 is 37.9 Å². The van der Waals surface area contributed by atoms with Crippen LogP contribution in [0, 0.1) is 11.8 Å². The Morgan fingerprint density at radius 3 is 1.29 bits per heavy atom. The predicted molar refractivity (Wildman–Crippen MR) is 248 cm³/mol. The number of aryl methyl sites for hydroxylation is 2. The van der Waals surface area contributed by atoms with Crippen LogP contribution in [-0.4, -0.2) is 9.52 Å². The van der Waals surface area contributed by atoms with E-state index in [2.05, 4.69) is 137 Å². The zero-order valence-corrected chi connectivity index (χ0v) is 39.6. The Morgan fingerprint density at radius 1 is 0.571 bits per heavy atom. The molecule has 2 aliphatic rings. The van der Waals surface area contributed by atoms with Crippen molar-refractivity contribution in [2.24, 2.45) is 11.8 Å². The molecule has 2 aliphatic carbocycles. The van der Waals surface area contributed by atoms with Crippen molar-refractivity contribution < 1.29 is 20.8 Å². The first kappa shape index (κ1) is 44.9. The van der Waals surface area contributed by atoms with Crippen LogP contribution in [-0.2, 0) is 46.5 Å². The van der Waals surface area contributed by atoms with E-state index in [4.69, 9.17) is 17.0 Å². The molecule has 2 fully saturated rings. The van der Waals surface area contributed by atoms with Gasteiger partial charge in [-0.1, -0.05) is 176 Å². The number of fused-ring (bicyclic) bond motifs is 2. The van der Waals surface area contributed by atoms with E-state index in [1.807, 2.05) is 0 Å². The van der Waals surface area contributed by atoms with E-state index < -0.39 is 20.8 Å². The summed E-state index contributed by atoms with van der Waals surface area (Å²) in [6.07, 6.45) is 20.1. The Morgan fingerprint density at radius 2 is 0.964 bits per heavy atom. The fourth-order valence-corrected chi connectivity index (χ4v) is 9.46. The van der Waals surface area contributed by atoms with Gasteiger partial charge in [0.2, 0.25) is 0 Å². The SMILES string of the molecule is CCC[Si]C.CCCc1ccc(-c2cccc3[cH-]c(CC4CCCC4)cc23)cc1.CCCc1ccc(-c2cccc3[cH-]c(CC4CCCC4)cc23)cc1.[Cl][Zr+2][Cl]. The van der Waals surface area contributed by atoms with Crippen LogP contribution < -0.4 is 0 Å². The molecule has 0 atom stereocenters. The van der Waals surface area contributed by atoms with E-state index in [1.165, 1.54) is 168 Å². The van der Waals surface area contributed by atoms with Crippen molar-refractivity contribution in [3.05, 3.63) is 131 Å². The molecular formula is C52H64Cl2SiZr. The molecule has 0 aliphatic heterocycles. The molecule has 0 amide bonds. The van der Waals surface area contributed by atoms with Gasteiger partial charge < -0.3 is 0 Å². The third kappa shape index (κ3) is 13.4. The number of benzene rings is 4. The molecule has 0 heterocycles. The molecular weight excluding hydrogens is 815 g/mol. The van der Waals surface area contributed by atoms with Gasteiger partial charge in [0.1, 0.15) is 0 Å². The molecule has 8 rings (SSSR count). The first-order chi connectivity index (χ1) is 27.5. The second-order valence-corrected chi connectivity index (χ2v) is 21.1. The first-order valence-electron chi connectivity index (χ1n) is 21.7. The fourth-order valence-electron chi connectivity index (χ4n) is 8.96. The summed E-state index contributed by atoms with van der Waals surface area (Å²) in [7, 11) is 11.0. The van der Waals surface area contributed by atoms with E-state index in [0.29, 0.717) is 0 Å². The van der Waals surface area contributed by atoms with Crippen LogP contribution in [0.25, 0.3) is 43.8 Å². The second-order valence-electron chi connectivity index (χ2n) is 16.1. The monoisotopic (exact) mass is 876 g/mol. The molecule has 2 saturated carbocycles. The van der Waals surface area contributed by atoms with Gasteiger partial charge in [-0.25, -0.2) is 0 Å². The third-order valence-electron chi connectivity index (χ3n) is 11.7. The van der Waals surface area contributed by atoms with Gasteiger partial charge in [-0.05, 0) is 59.8 Å². The Bertz CT molecular complexity index is 1830. The zero-order chi connectivity index (χ0) is 39.5. The van der Waals surface area contributed by atoms with Crippen LogP contribution in [0.2, 0.25) is 12.6 Å². The standard InChI is InChI=1S/2C24H27.C4H10Si.2ClH.Zr/c2*1-2-6-18-11-13-21(14-12-18)23-10-5-9-22-16-20(17-24(22)23)15-19-7-3-4-8-19;1-3-4-5-2;;;/h2*5,9-14,16-17,19H,2-4,6-8,15H2,1H3;3-4H2,1-2H3;2*1H;/q2*-1;;;;+4/p-2. The number of halogens is 2. The van der Waals surface area contributed by atoms with Gasteiger partial charge in [-0.3, -0.25) is 0 Å². The van der Waals surface area contributed by atoms with Crippen LogP contribution in [0.1, 0.15) is 114 Å². The number of hydrogen-bond donors (Lipinski definition) is 0. The Labute approximate surface area is 361 Å². The molecule has 6 aromatic rings. The maximum absolute atomic E-state index is 4.93. The summed E-state index contributed by atoms with van der Waals surface area (Å²) in [4.78, 5) is 0. The topological polar surface area (TPSA) is 0 Å². The Balaban J connectivity index is 0.000000180. The fraction of sp³-hybridized carbons (Fsp3) is 0.423. The van der Waals surface area contributed by atoms with Crippen LogP contribution in [0.15, 0.2) is 109 Å². The van der Waals surface area contributed by atoms with Crippen LogP contribution in [0.5, 0.6) is 0 Å². The molecule has 0 aromatic heterocycles. The number of hydrogen-bond acceptors (Lipinski definition) is 0. The zero-order valence-electron chi connectivity index (χ0n) is 34.6. The summed E-state index contributed by atoms with van der Waals surface area (Å²) >= 11 is -0.826. The summed E-state index contributed by atoms with van der Waals surface area (Å²) < 4.78 is 0. The van der Waals surface area contributed by atoms with E-state index in [0.717, 1.165) is 21.4 Å². The molecule has 0 saturated heterocycles. The van der Waals surface area contributed by atoms with E-state index in [-0.39, 0.29) is 0 Å². The van der Waals surface area contributed by atoms with Crippen molar-refractivity contribution >= 4 is 48.1 Å². The molecule has 4 heteroatoms. The molecule has 2 radical (unpaired) electrons. The van der Waals surface area contributed by atoms with Gasteiger partial charge in [-0.2, -0.15) is 12.1 Å². The average molecular weight is 879 g/mol. The molecule has 0 bridgehead atoms. The van der Waals surface area contributed by atoms with Crippen LogP contribution in [0.3, 0.4) is 0 Å². The van der Waals surface area contributed by atoms with Crippen molar-refractivity contribution in [3.8, 4) is 22.3 Å². The number of rotatable bonds is 12. The van der Waals surface area contributed by atoms with Gasteiger partial charge in [0.25, 0.3) is 0 Å². The van der Waals surface area contributed by atoms with Crippen molar-refractivity contribution in [2.75, 3.05) is 0 Å². The normalized spacial score (nSPS) is 14.1. The Kier molecular flexibility index (Phi) is 19.7. The van der Waals surface area contributed by atoms with Crippen LogP contribution in [0.4, 0.5) is 0 Å². The minimum atomic E-state index is -0.826. The second kappa shape index (κ2) is 24.6. The molecule has 0 N–H and O–H groups in total.